The van der Waals surface area contributed by atoms with Crippen molar-refractivity contribution in [3.63, 3.8) is 0 Å². The van der Waals surface area contributed by atoms with Gasteiger partial charge in [0.25, 0.3) is 5.91 Å². The molecule has 0 atom stereocenters. The lowest BCUT2D eigenvalue weighted by Gasteiger charge is -2.19. The van der Waals surface area contributed by atoms with Crippen molar-refractivity contribution < 1.29 is 19.0 Å². The van der Waals surface area contributed by atoms with E-state index >= 15 is 0 Å². The normalized spacial score (nSPS) is 12.7. The van der Waals surface area contributed by atoms with Gasteiger partial charge in [-0.3, -0.25) is 4.79 Å². The molecule has 0 bridgehead atoms. The number of rotatable bonds is 3. The first-order valence-corrected chi connectivity index (χ1v) is 7.76. The predicted molar refractivity (Wildman–Crippen MR) is 91.5 cm³/mol. The zero-order valence-corrected chi connectivity index (χ0v) is 13.5. The molecule has 0 radical (unpaired) electrons. The lowest BCUT2D eigenvalue weighted by atomic mass is 10.2. The number of carbonyl (C=O) groups excluding carboxylic acids is 1. The van der Waals surface area contributed by atoms with Gasteiger partial charge >= 0.3 is 0 Å². The van der Waals surface area contributed by atoms with Gasteiger partial charge in [0.05, 0.1) is 18.1 Å². The number of benzene rings is 2. The summed E-state index contributed by atoms with van der Waals surface area (Å²) in [6.45, 7) is 0.997. The molecular weight excluding hydrogens is 322 g/mol. The summed E-state index contributed by atoms with van der Waals surface area (Å²) >= 11 is 0. The Morgan fingerprint density at radius 2 is 1.76 bits per heavy atom. The SMILES string of the molecule is COc1nc2ccccc2nc1C(=O)Nc1ccc2c(c1)OCCO2. The minimum absolute atomic E-state index is 0.121. The first-order chi connectivity index (χ1) is 12.2. The summed E-state index contributed by atoms with van der Waals surface area (Å²) in [4.78, 5) is 21.4. The highest BCUT2D eigenvalue weighted by atomic mass is 16.6. The standard InChI is InChI=1S/C18H15N3O4/c1-23-18-16(20-12-4-2-3-5-13(12)21-18)17(22)19-11-6-7-14-15(10-11)25-9-8-24-14/h2-7,10H,8-9H2,1H3,(H,19,22). The van der Waals surface area contributed by atoms with Crippen molar-refractivity contribution in [3.05, 3.63) is 48.2 Å². The lowest BCUT2D eigenvalue weighted by molar-refractivity contribution is 0.101. The second kappa shape index (κ2) is 6.27. The summed E-state index contributed by atoms with van der Waals surface area (Å²) in [7, 11) is 1.46. The van der Waals surface area contributed by atoms with E-state index in [0.29, 0.717) is 41.4 Å². The van der Waals surface area contributed by atoms with Crippen molar-refractivity contribution in [3.8, 4) is 17.4 Å². The van der Waals surface area contributed by atoms with Crippen LogP contribution in [0.25, 0.3) is 11.0 Å². The number of ether oxygens (including phenoxy) is 3. The van der Waals surface area contributed by atoms with Crippen LogP contribution in [-0.4, -0.2) is 36.2 Å². The molecule has 2 aromatic carbocycles. The molecule has 1 aliphatic rings. The quantitative estimate of drug-likeness (QED) is 0.791. The van der Waals surface area contributed by atoms with Crippen molar-refractivity contribution >= 4 is 22.6 Å². The van der Waals surface area contributed by atoms with E-state index in [1.807, 2.05) is 18.2 Å². The Morgan fingerprint density at radius 1 is 1.04 bits per heavy atom. The molecule has 0 unspecified atom stereocenters. The van der Waals surface area contributed by atoms with Gasteiger partial charge in [-0.25, -0.2) is 9.97 Å². The van der Waals surface area contributed by atoms with Crippen LogP contribution in [-0.2, 0) is 0 Å². The van der Waals surface area contributed by atoms with E-state index in [2.05, 4.69) is 15.3 Å². The van der Waals surface area contributed by atoms with Crippen molar-refractivity contribution in [1.82, 2.24) is 9.97 Å². The van der Waals surface area contributed by atoms with Crippen LogP contribution in [0.3, 0.4) is 0 Å². The highest BCUT2D eigenvalue weighted by molar-refractivity contribution is 6.05. The molecule has 0 saturated carbocycles. The topological polar surface area (TPSA) is 82.6 Å². The molecule has 1 aromatic heterocycles. The number of para-hydroxylation sites is 2. The Hall–Kier alpha value is -3.35. The van der Waals surface area contributed by atoms with E-state index in [9.17, 15) is 4.79 Å². The van der Waals surface area contributed by atoms with Crippen LogP contribution < -0.4 is 19.5 Å². The number of methoxy groups -OCH3 is 1. The molecule has 126 valence electrons. The summed E-state index contributed by atoms with van der Waals surface area (Å²) in [5, 5.41) is 2.79. The molecule has 25 heavy (non-hydrogen) atoms. The van der Waals surface area contributed by atoms with E-state index in [1.165, 1.54) is 7.11 Å². The molecule has 1 N–H and O–H groups in total. The second-order valence-corrected chi connectivity index (χ2v) is 5.38. The highest BCUT2D eigenvalue weighted by Gasteiger charge is 2.19. The van der Waals surface area contributed by atoms with Gasteiger partial charge in [0.1, 0.15) is 13.2 Å². The Kier molecular flexibility index (Phi) is 3.81. The van der Waals surface area contributed by atoms with Crippen molar-refractivity contribution in [2.45, 2.75) is 0 Å². The maximum Gasteiger partial charge on any atom is 0.279 e. The Labute approximate surface area is 143 Å². The molecule has 7 nitrogen and oxygen atoms in total. The molecule has 0 saturated heterocycles. The number of aromatic nitrogens is 2. The minimum Gasteiger partial charge on any atom is -0.486 e. The molecule has 7 heteroatoms. The van der Waals surface area contributed by atoms with E-state index in [0.717, 1.165) is 0 Å². The third-order valence-corrected chi connectivity index (χ3v) is 3.75. The van der Waals surface area contributed by atoms with Crippen molar-refractivity contribution in [1.29, 1.82) is 0 Å². The molecule has 1 aliphatic heterocycles. The number of carbonyl (C=O) groups is 1. The molecule has 0 aliphatic carbocycles. The van der Waals surface area contributed by atoms with Gasteiger partial charge in [-0.1, -0.05) is 12.1 Å². The van der Waals surface area contributed by atoms with E-state index < -0.39 is 5.91 Å². The fourth-order valence-electron chi connectivity index (χ4n) is 2.59. The average Bonchev–Trinajstić information content (AvgIpc) is 2.66. The smallest absolute Gasteiger partial charge is 0.279 e. The number of hydrogen-bond acceptors (Lipinski definition) is 6. The maximum atomic E-state index is 12.6. The molecule has 1 amide bonds. The number of hydrogen-bond donors (Lipinski definition) is 1. The van der Waals surface area contributed by atoms with Crippen LogP contribution in [0, 0.1) is 0 Å². The number of amides is 1. The zero-order chi connectivity index (χ0) is 17.2. The van der Waals surface area contributed by atoms with Gasteiger partial charge in [0.2, 0.25) is 5.88 Å². The third kappa shape index (κ3) is 2.91. The van der Waals surface area contributed by atoms with Crippen LogP contribution in [0.4, 0.5) is 5.69 Å². The third-order valence-electron chi connectivity index (χ3n) is 3.75. The molecule has 2 heterocycles. The summed E-state index contributed by atoms with van der Waals surface area (Å²) in [5.41, 5.74) is 1.98. The largest absolute Gasteiger partial charge is 0.486 e. The molecule has 3 aromatic rings. The summed E-state index contributed by atoms with van der Waals surface area (Å²) < 4.78 is 16.2. The fraction of sp³-hybridized carbons (Fsp3) is 0.167. The minimum atomic E-state index is -0.410. The Morgan fingerprint density at radius 3 is 2.52 bits per heavy atom. The number of nitrogens with zero attached hydrogens (tertiary/aromatic N) is 2. The van der Waals surface area contributed by atoms with Gasteiger partial charge in [-0.15, -0.1) is 0 Å². The Bertz CT molecular complexity index is 958. The van der Waals surface area contributed by atoms with Crippen LogP contribution in [0.15, 0.2) is 42.5 Å². The zero-order valence-electron chi connectivity index (χ0n) is 13.5. The molecular formula is C18H15N3O4. The monoisotopic (exact) mass is 337 g/mol. The number of fused-ring (bicyclic) bond motifs is 2. The van der Waals surface area contributed by atoms with Gasteiger partial charge in [-0.2, -0.15) is 0 Å². The summed E-state index contributed by atoms with van der Waals surface area (Å²) in [6.07, 6.45) is 0. The summed E-state index contributed by atoms with van der Waals surface area (Å²) in [5.74, 6) is 1.02. The maximum absolute atomic E-state index is 12.6. The lowest BCUT2D eigenvalue weighted by Crippen LogP contribution is -2.18. The number of anilines is 1. The first-order valence-electron chi connectivity index (χ1n) is 7.76. The molecule has 0 spiro atoms. The average molecular weight is 337 g/mol. The number of nitrogens with one attached hydrogen (secondary N) is 1. The second-order valence-electron chi connectivity index (χ2n) is 5.38. The van der Waals surface area contributed by atoms with Gasteiger partial charge in [0, 0.05) is 11.8 Å². The van der Waals surface area contributed by atoms with E-state index in [1.54, 1.807) is 24.3 Å². The molecule has 0 fully saturated rings. The van der Waals surface area contributed by atoms with E-state index in [4.69, 9.17) is 14.2 Å². The summed E-state index contributed by atoms with van der Waals surface area (Å²) in [6, 6.07) is 12.5. The van der Waals surface area contributed by atoms with E-state index in [-0.39, 0.29) is 11.6 Å². The predicted octanol–water partition coefficient (Wildman–Crippen LogP) is 2.66. The van der Waals surface area contributed by atoms with Crippen LogP contribution in [0.2, 0.25) is 0 Å². The van der Waals surface area contributed by atoms with Crippen LogP contribution in [0.1, 0.15) is 10.5 Å². The van der Waals surface area contributed by atoms with Crippen molar-refractivity contribution in [2.75, 3.05) is 25.6 Å². The van der Waals surface area contributed by atoms with Gasteiger partial charge < -0.3 is 19.5 Å². The van der Waals surface area contributed by atoms with Gasteiger partial charge in [0.15, 0.2) is 17.2 Å². The first kappa shape index (κ1) is 15.2. The van der Waals surface area contributed by atoms with Crippen LogP contribution >= 0.6 is 0 Å². The van der Waals surface area contributed by atoms with Gasteiger partial charge in [-0.05, 0) is 24.3 Å². The Balaban J connectivity index is 1.65. The molecule has 4 rings (SSSR count). The highest BCUT2D eigenvalue weighted by Crippen LogP contribution is 2.33. The van der Waals surface area contributed by atoms with Crippen molar-refractivity contribution in [2.24, 2.45) is 0 Å². The van der Waals surface area contributed by atoms with Crippen LogP contribution in [0.5, 0.6) is 17.4 Å². The fourth-order valence-corrected chi connectivity index (χ4v) is 2.59.